The van der Waals surface area contributed by atoms with Gasteiger partial charge in [0.15, 0.2) is 0 Å². The van der Waals surface area contributed by atoms with E-state index in [2.05, 4.69) is 22.9 Å². The maximum atomic E-state index is 6.20. The highest BCUT2D eigenvalue weighted by atomic mass is 79.9. The van der Waals surface area contributed by atoms with Gasteiger partial charge in [-0.15, -0.1) is 11.8 Å². The Kier molecular flexibility index (Phi) is 6.26. The summed E-state index contributed by atoms with van der Waals surface area (Å²) in [5.41, 5.74) is 6.84. The third-order valence-corrected chi connectivity index (χ3v) is 5.26. The maximum Gasteiger partial charge on any atom is 0.147 e. The zero-order valence-electron chi connectivity index (χ0n) is 11.3. The minimum absolute atomic E-state index is 0.403. The molecule has 0 aromatic heterocycles. The number of thioether (sulfide) groups is 1. The van der Waals surface area contributed by atoms with Crippen LogP contribution in [0.4, 0.5) is 0 Å². The summed E-state index contributed by atoms with van der Waals surface area (Å²) in [5.74, 6) is 2.19. The lowest BCUT2D eigenvalue weighted by atomic mass is 10.2. The molecule has 2 N–H and O–H groups in total. The van der Waals surface area contributed by atoms with Gasteiger partial charge >= 0.3 is 0 Å². The molecule has 0 unspecified atom stereocenters. The molecule has 2 aromatic carbocycles. The molecule has 0 atom stereocenters. The lowest BCUT2D eigenvalue weighted by Crippen LogP contribution is -2.02. The summed E-state index contributed by atoms with van der Waals surface area (Å²) in [6.07, 6.45) is 0. The van der Waals surface area contributed by atoms with Crippen LogP contribution in [-0.2, 0) is 6.54 Å². The number of hydrogen-bond acceptors (Lipinski definition) is 3. The Balaban J connectivity index is 2.40. The van der Waals surface area contributed by atoms with Crippen LogP contribution in [0.5, 0.6) is 11.5 Å². The molecule has 0 aliphatic rings. The van der Waals surface area contributed by atoms with Crippen molar-refractivity contribution < 1.29 is 4.74 Å². The van der Waals surface area contributed by atoms with Crippen molar-refractivity contribution in [2.45, 2.75) is 18.4 Å². The quantitative estimate of drug-likeness (QED) is 0.479. The van der Waals surface area contributed by atoms with Crippen LogP contribution >= 0.6 is 50.9 Å². The van der Waals surface area contributed by atoms with Gasteiger partial charge in [0.1, 0.15) is 11.5 Å². The van der Waals surface area contributed by atoms with Crippen LogP contribution in [0, 0.1) is 0 Å². The Bertz CT molecular complexity index is 652. The van der Waals surface area contributed by atoms with Crippen molar-refractivity contribution in [3.8, 4) is 11.5 Å². The predicted molar refractivity (Wildman–Crippen MR) is 95.0 cm³/mol. The van der Waals surface area contributed by atoms with Crippen LogP contribution in [0.15, 0.2) is 39.7 Å². The molecule has 2 nitrogen and oxygen atoms in total. The first kappa shape index (κ1) is 17.0. The SMILES string of the molecule is CCSc1cccc(Oc2cc(Cl)c(Br)cc2Cl)c1CN. The van der Waals surface area contributed by atoms with E-state index >= 15 is 0 Å². The Morgan fingerprint density at radius 2 is 1.95 bits per heavy atom. The van der Waals surface area contributed by atoms with Crippen molar-refractivity contribution in [3.63, 3.8) is 0 Å². The van der Waals surface area contributed by atoms with E-state index in [0.717, 1.165) is 20.7 Å². The Labute approximate surface area is 147 Å². The molecule has 0 aliphatic carbocycles. The molecule has 112 valence electrons. The molecule has 0 spiro atoms. The minimum Gasteiger partial charge on any atom is -0.455 e. The monoisotopic (exact) mass is 405 g/mol. The van der Waals surface area contributed by atoms with E-state index in [0.29, 0.717) is 28.1 Å². The van der Waals surface area contributed by atoms with Crippen LogP contribution in [0.1, 0.15) is 12.5 Å². The van der Waals surface area contributed by atoms with E-state index in [4.69, 9.17) is 33.7 Å². The second-order valence-electron chi connectivity index (χ2n) is 4.17. The number of hydrogen-bond donors (Lipinski definition) is 1. The molecule has 0 bridgehead atoms. The molecule has 2 aromatic rings. The smallest absolute Gasteiger partial charge is 0.147 e. The van der Waals surface area contributed by atoms with Gasteiger partial charge in [0.25, 0.3) is 0 Å². The zero-order chi connectivity index (χ0) is 15.4. The molecule has 0 amide bonds. The average molecular weight is 407 g/mol. The summed E-state index contributed by atoms with van der Waals surface area (Å²) in [7, 11) is 0. The number of rotatable bonds is 5. The second-order valence-corrected chi connectivity index (χ2v) is 7.14. The molecule has 21 heavy (non-hydrogen) atoms. The number of benzene rings is 2. The Morgan fingerprint density at radius 3 is 2.62 bits per heavy atom. The van der Waals surface area contributed by atoms with Gasteiger partial charge in [0.2, 0.25) is 0 Å². The number of nitrogens with two attached hydrogens (primary N) is 1. The number of ether oxygens (including phenoxy) is 1. The topological polar surface area (TPSA) is 35.2 Å². The van der Waals surface area contributed by atoms with Gasteiger partial charge in [-0.25, -0.2) is 0 Å². The van der Waals surface area contributed by atoms with E-state index in [-0.39, 0.29) is 0 Å². The van der Waals surface area contributed by atoms with E-state index in [1.807, 2.05) is 18.2 Å². The third kappa shape index (κ3) is 4.08. The van der Waals surface area contributed by atoms with Crippen LogP contribution in [0.25, 0.3) is 0 Å². The summed E-state index contributed by atoms with van der Waals surface area (Å²) in [6, 6.07) is 9.27. The molecule has 0 saturated heterocycles. The molecular weight excluding hydrogens is 393 g/mol. The minimum atomic E-state index is 0.403. The lowest BCUT2D eigenvalue weighted by molar-refractivity contribution is 0.474. The van der Waals surface area contributed by atoms with Gasteiger partial charge < -0.3 is 10.5 Å². The van der Waals surface area contributed by atoms with Crippen molar-refractivity contribution >= 4 is 50.9 Å². The highest BCUT2D eigenvalue weighted by Gasteiger charge is 2.12. The predicted octanol–water partition coefficient (Wildman–Crippen LogP) is 6.12. The van der Waals surface area contributed by atoms with E-state index < -0.39 is 0 Å². The Hall–Kier alpha value is -0.390. The highest BCUT2D eigenvalue weighted by Crippen LogP contribution is 2.39. The van der Waals surface area contributed by atoms with Crippen molar-refractivity contribution in [1.29, 1.82) is 0 Å². The first-order valence-electron chi connectivity index (χ1n) is 6.34. The molecule has 0 saturated carbocycles. The van der Waals surface area contributed by atoms with E-state index in [1.54, 1.807) is 23.9 Å². The van der Waals surface area contributed by atoms with Gasteiger partial charge in [0.05, 0.1) is 10.0 Å². The first-order chi connectivity index (χ1) is 10.1. The molecule has 2 rings (SSSR count). The fraction of sp³-hybridized carbons (Fsp3) is 0.200. The van der Waals surface area contributed by atoms with Crippen LogP contribution < -0.4 is 10.5 Å². The summed E-state index contributed by atoms with van der Waals surface area (Å²) in [4.78, 5) is 1.12. The molecule has 0 heterocycles. The fourth-order valence-corrected chi connectivity index (χ4v) is 3.51. The largest absolute Gasteiger partial charge is 0.455 e. The standard InChI is InChI=1S/C15H14BrCl2NOS/c1-2-21-15-5-3-4-13(9(15)8-19)20-14-7-11(17)10(16)6-12(14)18/h3-7H,2,8,19H2,1H3. The fourth-order valence-electron chi connectivity index (χ4n) is 1.83. The number of halogens is 3. The highest BCUT2D eigenvalue weighted by molar-refractivity contribution is 9.10. The summed E-state index contributed by atoms with van der Waals surface area (Å²) in [6.45, 7) is 2.50. The van der Waals surface area contributed by atoms with Gasteiger partial charge in [-0.1, -0.05) is 36.2 Å². The molecular formula is C15H14BrCl2NOS. The van der Waals surface area contributed by atoms with Crippen LogP contribution in [0.3, 0.4) is 0 Å². The van der Waals surface area contributed by atoms with Gasteiger partial charge in [-0.2, -0.15) is 0 Å². The molecule has 0 aliphatic heterocycles. The van der Waals surface area contributed by atoms with Crippen LogP contribution in [0.2, 0.25) is 10.0 Å². The summed E-state index contributed by atoms with van der Waals surface area (Å²) < 4.78 is 6.66. The van der Waals surface area contributed by atoms with Gasteiger partial charge in [-0.3, -0.25) is 0 Å². The zero-order valence-corrected chi connectivity index (χ0v) is 15.2. The maximum absolute atomic E-state index is 6.20. The summed E-state index contributed by atoms with van der Waals surface area (Å²) >= 11 is 17.4. The molecule has 0 radical (unpaired) electrons. The Morgan fingerprint density at radius 1 is 1.19 bits per heavy atom. The van der Waals surface area contributed by atoms with E-state index in [9.17, 15) is 0 Å². The van der Waals surface area contributed by atoms with Crippen LogP contribution in [-0.4, -0.2) is 5.75 Å². The third-order valence-electron chi connectivity index (χ3n) is 2.79. The van der Waals surface area contributed by atoms with Crippen molar-refractivity contribution in [3.05, 3.63) is 50.4 Å². The van der Waals surface area contributed by atoms with Gasteiger partial charge in [0, 0.05) is 27.5 Å². The van der Waals surface area contributed by atoms with Crippen molar-refractivity contribution in [2.24, 2.45) is 5.73 Å². The van der Waals surface area contributed by atoms with Crippen molar-refractivity contribution in [2.75, 3.05) is 5.75 Å². The second kappa shape index (κ2) is 7.75. The molecule has 0 fully saturated rings. The van der Waals surface area contributed by atoms with Crippen molar-refractivity contribution in [1.82, 2.24) is 0 Å². The van der Waals surface area contributed by atoms with E-state index in [1.165, 1.54) is 0 Å². The molecule has 6 heteroatoms. The normalized spacial score (nSPS) is 10.7. The first-order valence-corrected chi connectivity index (χ1v) is 8.87. The van der Waals surface area contributed by atoms with Gasteiger partial charge in [-0.05, 0) is 39.9 Å². The summed E-state index contributed by atoms with van der Waals surface area (Å²) in [5, 5.41) is 1.03. The average Bonchev–Trinajstić information content (AvgIpc) is 2.45. The lowest BCUT2D eigenvalue weighted by Gasteiger charge is -2.15.